The lowest BCUT2D eigenvalue weighted by atomic mass is 10.1. The monoisotopic (exact) mass is 268 g/mol. The number of hydrogen-bond acceptors (Lipinski definition) is 3. The van der Waals surface area contributed by atoms with Gasteiger partial charge >= 0.3 is 5.97 Å². The van der Waals surface area contributed by atoms with Gasteiger partial charge in [-0.05, 0) is 36.1 Å². The molecule has 102 valence electrons. The maximum atomic E-state index is 11.1. The number of nitrogens with one attached hydrogen (secondary N) is 1. The lowest BCUT2D eigenvalue weighted by Crippen LogP contribution is -2.20. The van der Waals surface area contributed by atoms with Crippen LogP contribution < -0.4 is 11.1 Å². The van der Waals surface area contributed by atoms with Crippen molar-refractivity contribution in [3.05, 3.63) is 59.2 Å². The van der Waals surface area contributed by atoms with Gasteiger partial charge in [0.1, 0.15) is 0 Å². The lowest BCUT2D eigenvalue weighted by Gasteiger charge is -2.16. The molecule has 0 amide bonds. The number of carbonyl (C=O) groups is 1. The van der Waals surface area contributed by atoms with Crippen LogP contribution in [0.2, 0.25) is 0 Å². The molecule has 4 nitrogen and oxygen atoms in total. The van der Waals surface area contributed by atoms with Crippen molar-refractivity contribution in [3.8, 4) is 0 Å². The number of rotatable bonds is 3. The van der Waals surface area contributed by atoms with Gasteiger partial charge in [-0.2, -0.15) is 0 Å². The summed E-state index contributed by atoms with van der Waals surface area (Å²) in [5.41, 5.74) is 9.76. The van der Waals surface area contributed by atoms with Crippen molar-refractivity contribution in [2.75, 3.05) is 11.1 Å². The maximum Gasteiger partial charge on any atom is 0.337 e. The van der Waals surface area contributed by atoms with Crippen LogP contribution >= 0.6 is 0 Å². The SMILES string of the molecule is Nc1c(NC2Cc3ccccc3C2)cccc1C(=O)O. The Bertz CT molecular complexity index is 642. The van der Waals surface area contributed by atoms with Crippen LogP contribution in [0, 0.1) is 0 Å². The van der Waals surface area contributed by atoms with Crippen LogP contribution in [0.5, 0.6) is 0 Å². The molecule has 0 unspecified atom stereocenters. The standard InChI is InChI=1S/C16H16N2O2/c17-15-13(16(19)20)6-3-7-14(15)18-12-8-10-4-1-2-5-11(10)9-12/h1-7,12,18H,8-9,17H2,(H,19,20). The molecule has 0 aromatic heterocycles. The minimum atomic E-state index is -0.999. The quantitative estimate of drug-likeness (QED) is 0.748. The molecule has 2 aromatic rings. The molecule has 0 aliphatic heterocycles. The summed E-state index contributed by atoms with van der Waals surface area (Å²) >= 11 is 0. The number of nitrogens with two attached hydrogens (primary N) is 1. The highest BCUT2D eigenvalue weighted by Gasteiger charge is 2.22. The van der Waals surface area contributed by atoms with E-state index in [1.54, 1.807) is 6.07 Å². The van der Waals surface area contributed by atoms with Crippen molar-refractivity contribution in [1.82, 2.24) is 0 Å². The Morgan fingerprint density at radius 3 is 2.35 bits per heavy atom. The molecule has 20 heavy (non-hydrogen) atoms. The Kier molecular flexibility index (Phi) is 3.06. The zero-order chi connectivity index (χ0) is 14.1. The maximum absolute atomic E-state index is 11.1. The zero-order valence-electron chi connectivity index (χ0n) is 11.0. The number of para-hydroxylation sites is 1. The summed E-state index contributed by atoms with van der Waals surface area (Å²) in [6.45, 7) is 0. The summed E-state index contributed by atoms with van der Waals surface area (Å²) in [6.07, 6.45) is 1.87. The number of aromatic carboxylic acids is 1. The number of anilines is 2. The molecule has 0 bridgehead atoms. The van der Waals surface area contributed by atoms with Gasteiger partial charge in [0, 0.05) is 6.04 Å². The van der Waals surface area contributed by atoms with E-state index >= 15 is 0 Å². The van der Waals surface area contributed by atoms with Crippen LogP contribution in [0.15, 0.2) is 42.5 Å². The molecule has 0 radical (unpaired) electrons. The first-order valence-electron chi connectivity index (χ1n) is 6.60. The molecule has 4 heteroatoms. The highest BCUT2D eigenvalue weighted by Crippen LogP contribution is 2.28. The Balaban J connectivity index is 1.81. The van der Waals surface area contributed by atoms with Crippen LogP contribution in [-0.2, 0) is 12.8 Å². The van der Waals surface area contributed by atoms with E-state index in [4.69, 9.17) is 10.8 Å². The summed E-state index contributed by atoms with van der Waals surface area (Å²) < 4.78 is 0. The van der Waals surface area contributed by atoms with Gasteiger partial charge < -0.3 is 16.2 Å². The van der Waals surface area contributed by atoms with Crippen molar-refractivity contribution < 1.29 is 9.90 Å². The molecule has 1 aliphatic carbocycles. The van der Waals surface area contributed by atoms with Gasteiger partial charge in [-0.1, -0.05) is 30.3 Å². The van der Waals surface area contributed by atoms with E-state index in [1.807, 2.05) is 18.2 Å². The van der Waals surface area contributed by atoms with Gasteiger partial charge in [0.05, 0.1) is 16.9 Å². The first-order chi connectivity index (χ1) is 9.65. The minimum Gasteiger partial charge on any atom is -0.478 e. The van der Waals surface area contributed by atoms with Crippen molar-refractivity contribution in [3.63, 3.8) is 0 Å². The van der Waals surface area contributed by atoms with Crippen LogP contribution in [0.4, 0.5) is 11.4 Å². The first-order valence-corrected chi connectivity index (χ1v) is 6.60. The topological polar surface area (TPSA) is 75.3 Å². The van der Waals surface area contributed by atoms with Crippen molar-refractivity contribution in [1.29, 1.82) is 0 Å². The Morgan fingerprint density at radius 2 is 1.75 bits per heavy atom. The van der Waals surface area contributed by atoms with Gasteiger partial charge in [-0.15, -0.1) is 0 Å². The molecular weight excluding hydrogens is 252 g/mol. The fourth-order valence-electron chi connectivity index (χ4n) is 2.76. The normalized spacial score (nSPS) is 14.0. The highest BCUT2D eigenvalue weighted by molar-refractivity contribution is 5.97. The first kappa shape index (κ1) is 12.5. The van der Waals surface area contributed by atoms with Crippen molar-refractivity contribution >= 4 is 17.3 Å². The lowest BCUT2D eigenvalue weighted by molar-refractivity contribution is 0.0698. The molecule has 1 aliphatic rings. The molecule has 0 saturated heterocycles. The van der Waals surface area contributed by atoms with E-state index in [2.05, 4.69) is 17.4 Å². The molecule has 0 fully saturated rings. The molecule has 0 spiro atoms. The predicted octanol–water partition coefficient (Wildman–Crippen LogP) is 2.55. The fourth-order valence-corrected chi connectivity index (χ4v) is 2.76. The molecule has 0 heterocycles. The van der Waals surface area contributed by atoms with E-state index in [0.717, 1.165) is 12.8 Å². The predicted molar refractivity (Wildman–Crippen MR) is 79.1 cm³/mol. The largest absolute Gasteiger partial charge is 0.478 e. The number of fused-ring (bicyclic) bond motifs is 1. The molecule has 0 atom stereocenters. The molecule has 0 saturated carbocycles. The number of carboxylic acid groups (broad SMARTS) is 1. The number of benzene rings is 2. The third-order valence-electron chi connectivity index (χ3n) is 3.75. The highest BCUT2D eigenvalue weighted by atomic mass is 16.4. The third-order valence-corrected chi connectivity index (χ3v) is 3.75. The summed E-state index contributed by atoms with van der Waals surface area (Å²) in [5.74, 6) is -0.999. The molecular formula is C16H16N2O2. The second-order valence-corrected chi connectivity index (χ2v) is 5.09. The van der Waals surface area contributed by atoms with E-state index in [9.17, 15) is 4.79 Å². The number of nitrogen functional groups attached to an aromatic ring is 1. The molecule has 3 rings (SSSR count). The van der Waals surface area contributed by atoms with Gasteiger partial charge in [0.2, 0.25) is 0 Å². The second kappa shape index (κ2) is 4.89. The van der Waals surface area contributed by atoms with Crippen LogP contribution in [0.25, 0.3) is 0 Å². The van der Waals surface area contributed by atoms with Crippen molar-refractivity contribution in [2.45, 2.75) is 18.9 Å². The van der Waals surface area contributed by atoms with Gasteiger partial charge in [-0.25, -0.2) is 4.79 Å². The summed E-state index contributed by atoms with van der Waals surface area (Å²) in [5, 5.41) is 12.4. The van der Waals surface area contributed by atoms with E-state index < -0.39 is 5.97 Å². The van der Waals surface area contributed by atoms with Gasteiger partial charge in [0.25, 0.3) is 0 Å². The summed E-state index contributed by atoms with van der Waals surface area (Å²) in [6, 6.07) is 13.7. The third kappa shape index (κ3) is 2.20. The number of hydrogen-bond donors (Lipinski definition) is 3. The Hall–Kier alpha value is -2.49. The van der Waals surface area contributed by atoms with Gasteiger partial charge in [0.15, 0.2) is 0 Å². The van der Waals surface area contributed by atoms with Crippen molar-refractivity contribution in [2.24, 2.45) is 0 Å². The van der Waals surface area contributed by atoms with Gasteiger partial charge in [-0.3, -0.25) is 0 Å². The molecule has 2 aromatic carbocycles. The summed E-state index contributed by atoms with van der Waals surface area (Å²) in [4.78, 5) is 11.1. The van der Waals surface area contributed by atoms with Crippen LogP contribution in [-0.4, -0.2) is 17.1 Å². The molecule has 4 N–H and O–H groups in total. The van der Waals surface area contributed by atoms with E-state index in [-0.39, 0.29) is 11.6 Å². The Labute approximate surface area is 117 Å². The minimum absolute atomic E-state index is 0.144. The second-order valence-electron chi connectivity index (χ2n) is 5.09. The fraction of sp³-hybridized carbons (Fsp3) is 0.188. The summed E-state index contributed by atoms with van der Waals surface area (Å²) in [7, 11) is 0. The van der Waals surface area contributed by atoms with E-state index in [1.165, 1.54) is 17.2 Å². The van der Waals surface area contributed by atoms with Crippen LogP contribution in [0.1, 0.15) is 21.5 Å². The van der Waals surface area contributed by atoms with Crippen LogP contribution in [0.3, 0.4) is 0 Å². The Morgan fingerprint density at radius 1 is 1.10 bits per heavy atom. The number of carboxylic acids is 1. The van der Waals surface area contributed by atoms with E-state index in [0.29, 0.717) is 11.4 Å². The average Bonchev–Trinajstić information content (AvgIpc) is 2.83. The average molecular weight is 268 g/mol. The zero-order valence-corrected chi connectivity index (χ0v) is 11.0. The smallest absolute Gasteiger partial charge is 0.337 e.